The first kappa shape index (κ1) is 12.2. The molecular weight excluding hydrogens is 230 g/mol. The highest BCUT2D eigenvalue weighted by atomic mass is 32.1. The van der Waals surface area contributed by atoms with E-state index in [1.165, 1.54) is 0 Å². The molecule has 0 bridgehead atoms. The van der Waals surface area contributed by atoms with Gasteiger partial charge in [0.15, 0.2) is 0 Å². The Morgan fingerprint density at radius 2 is 2.24 bits per heavy atom. The smallest absolute Gasteiger partial charge is 0.0947 e. The Bertz CT molecular complexity index is 465. The zero-order valence-electron chi connectivity index (χ0n) is 10.1. The van der Waals surface area contributed by atoms with Crippen LogP contribution in [-0.2, 0) is 6.42 Å². The summed E-state index contributed by atoms with van der Waals surface area (Å²) in [6.07, 6.45) is 4.36. The van der Waals surface area contributed by atoms with E-state index in [0.29, 0.717) is 5.92 Å². The fourth-order valence-electron chi connectivity index (χ4n) is 1.59. The third kappa shape index (κ3) is 3.11. The average Bonchev–Trinajstić information content (AvgIpc) is 2.79. The van der Waals surface area contributed by atoms with Gasteiger partial charge in [-0.2, -0.15) is 0 Å². The molecule has 0 amide bonds. The number of aromatic nitrogens is 2. The Morgan fingerprint density at radius 1 is 1.41 bits per heavy atom. The van der Waals surface area contributed by atoms with Crippen LogP contribution in [0.3, 0.4) is 0 Å². The maximum atomic E-state index is 6.14. The minimum Gasteiger partial charge on any atom is -0.324 e. The summed E-state index contributed by atoms with van der Waals surface area (Å²) in [5.74, 6) is 0.481. The van der Waals surface area contributed by atoms with Crippen molar-refractivity contribution in [3.8, 4) is 0 Å². The van der Waals surface area contributed by atoms with Crippen LogP contribution in [0.5, 0.6) is 0 Å². The van der Waals surface area contributed by atoms with Gasteiger partial charge in [0.2, 0.25) is 0 Å². The van der Waals surface area contributed by atoms with Crippen molar-refractivity contribution in [2.24, 2.45) is 5.73 Å². The van der Waals surface area contributed by atoms with Crippen molar-refractivity contribution in [1.82, 2.24) is 9.97 Å². The van der Waals surface area contributed by atoms with Crippen LogP contribution >= 0.6 is 11.3 Å². The van der Waals surface area contributed by atoms with Gasteiger partial charge in [-0.15, -0.1) is 11.3 Å². The molecule has 0 aromatic carbocycles. The molecule has 1 unspecified atom stereocenters. The molecule has 2 rings (SSSR count). The van der Waals surface area contributed by atoms with Crippen molar-refractivity contribution in [3.63, 3.8) is 0 Å². The zero-order valence-corrected chi connectivity index (χ0v) is 10.9. The van der Waals surface area contributed by atoms with E-state index in [1.54, 1.807) is 17.5 Å². The van der Waals surface area contributed by atoms with E-state index in [9.17, 15) is 0 Å². The topological polar surface area (TPSA) is 51.8 Å². The maximum absolute atomic E-state index is 6.14. The lowest BCUT2D eigenvalue weighted by atomic mass is 10.1. The number of nitrogens with two attached hydrogens (primary N) is 1. The zero-order chi connectivity index (χ0) is 12.3. The van der Waals surface area contributed by atoms with E-state index in [-0.39, 0.29) is 6.04 Å². The molecule has 0 spiro atoms. The van der Waals surface area contributed by atoms with Gasteiger partial charge in [0.05, 0.1) is 10.7 Å². The fourth-order valence-corrected chi connectivity index (χ4v) is 2.60. The van der Waals surface area contributed by atoms with Crippen molar-refractivity contribution in [2.75, 3.05) is 0 Å². The maximum Gasteiger partial charge on any atom is 0.0947 e. The first-order valence-corrected chi connectivity index (χ1v) is 6.64. The highest BCUT2D eigenvalue weighted by Crippen LogP contribution is 2.21. The van der Waals surface area contributed by atoms with E-state index in [0.717, 1.165) is 22.7 Å². The predicted octanol–water partition coefficient (Wildman–Crippen LogP) is 2.90. The quantitative estimate of drug-likeness (QED) is 0.903. The van der Waals surface area contributed by atoms with E-state index in [4.69, 9.17) is 5.73 Å². The first-order chi connectivity index (χ1) is 8.16. The number of pyridine rings is 1. The predicted molar refractivity (Wildman–Crippen MR) is 71.1 cm³/mol. The molecule has 0 fully saturated rings. The lowest BCUT2D eigenvalue weighted by Gasteiger charge is -2.09. The van der Waals surface area contributed by atoms with Gasteiger partial charge in [-0.3, -0.25) is 4.98 Å². The molecule has 4 heteroatoms. The third-order valence-corrected chi connectivity index (χ3v) is 3.56. The van der Waals surface area contributed by atoms with Crippen LogP contribution in [0.1, 0.15) is 42.1 Å². The normalized spacial score (nSPS) is 12.9. The molecule has 0 radical (unpaired) electrons. The number of rotatable bonds is 4. The Kier molecular flexibility index (Phi) is 3.86. The molecule has 0 aliphatic rings. The molecule has 2 aromatic rings. The summed E-state index contributed by atoms with van der Waals surface area (Å²) >= 11 is 1.69. The van der Waals surface area contributed by atoms with Crippen molar-refractivity contribution in [1.29, 1.82) is 0 Å². The van der Waals surface area contributed by atoms with Crippen molar-refractivity contribution >= 4 is 11.3 Å². The van der Waals surface area contributed by atoms with Crippen molar-refractivity contribution in [3.05, 3.63) is 46.2 Å². The number of thiazole rings is 1. The Balaban J connectivity index is 2.05. The monoisotopic (exact) mass is 247 g/mol. The third-order valence-electron chi connectivity index (χ3n) is 2.67. The van der Waals surface area contributed by atoms with E-state index < -0.39 is 0 Å². The lowest BCUT2D eigenvalue weighted by molar-refractivity contribution is 0.707. The Morgan fingerprint density at radius 3 is 2.82 bits per heavy atom. The van der Waals surface area contributed by atoms with Gasteiger partial charge in [0, 0.05) is 30.2 Å². The van der Waals surface area contributed by atoms with Crippen LogP contribution in [0.2, 0.25) is 0 Å². The van der Waals surface area contributed by atoms with Crippen LogP contribution in [-0.4, -0.2) is 9.97 Å². The van der Waals surface area contributed by atoms with E-state index in [2.05, 4.69) is 29.2 Å². The van der Waals surface area contributed by atoms with Crippen molar-refractivity contribution in [2.45, 2.75) is 32.2 Å². The molecule has 17 heavy (non-hydrogen) atoms. The minimum atomic E-state index is -0.0186. The summed E-state index contributed by atoms with van der Waals surface area (Å²) in [4.78, 5) is 8.68. The summed E-state index contributed by atoms with van der Waals surface area (Å²) in [5, 5.41) is 3.22. The number of nitrogens with zero attached hydrogens (tertiary/aromatic N) is 2. The molecule has 0 aliphatic heterocycles. The molecule has 0 saturated heterocycles. The molecule has 2 heterocycles. The van der Waals surface area contributed by atoms with Crippen LogP contribution in [0.25, 0.3) is 0 Å². The number of hydrogen-bond donors (Lipinski definition) is 1. The van der Waals surface area contributed by atoms with Gasteiger partial charge >= 0.3 is 0 Å². The second-order valence-electron chi connectivity index (χ2n) is 4.42. The second kappa shape index (κ2) is 5.38. The van der Waals surface area contributed by atoms with Gasteiger partial charge in [-0.05, 0) is 17.5 Å². The average molecular weight is 247 g/mol. The molecule has 0 aliphatic carbocycles. The number of hydrogen-bond acceptors (Lipinski definition) is 4. The van der Waals surface area contributed by atoms with E-state index >= 15 is 0 Å². The summed E-state index contributed by atoms with van der Waals surface area (Å²) in [6.45, 7) is 4.31. The molecule has 90 valence electrons. The largest absolute Gasteiger partial charge is 0.324 e. The van der Waals surface area contributed by atoms with Gasteiger partial charge in [0.1, 0.15) is 0 Å². The molecule has 3 nitrogen and oxygen atoms in total. The molecule has 2 aromatic heterocycles. The van der Waals surface area contributed by atoms with Gasteiger partial charge < -0.3 is 5.73 Å². The van der Waals surface area contributed by atoms with Crippen molar-refractivity contribution < 1.29 is 0 Å². The highest BCUT2D eigenvalue weighted by Gasteiger charge is 2.11. The fraction of sp³-hybridized carbons (Fsp3) is 0.385. The lowest BCUT2D eigenvalue weighted by Crippen LogP contribution is -2.13. The second-order valence-corrected chi connectivity index (χ2v) is 5.36. The highest BCUT2D eigenvalue weighted by molar-refractivity contribution is 7.09. The van der Waals surface area contributed by atoms with Crippen LogP contribution < -0.4 is 5.73 Å². The summed E-state index contributed by atoms with van der Waals surface area (Å²) in [5.41, 5.74) is 8.36. The summed E-state index contributed by atoms with van der Waals surface area (Å²) in [7, 11) is 0. The van der Waals surface area contributed by atoms with Gasteiger partial charge in [-0.1, -0.05) is 19.9 Å². The van der Waals surface area contributed by atoms with Gasteiger partial charge in [0.25, 0.3) is 0 Å². The standard InChI is InChI=1S/C13H17N3S/c1-9(2)12-8-17-13(16-12)6-11(14)10-4-3-5-15-7-10/h3-5,7-9,11H,6,14H2,1-2H3. The SMILES string of the molecule is CC(C)c1csc(CC(N)c2cccnc2)n1. The molecule has 2 N–H and O–H groups in total. The summed E-state index contributed by atoms with van der Waals surface area (Å²) in [6, 6.07) is 3.90. The Hall–Kier alpha value is -1.26. The Labute approximate surface area is 106 Å². The molecule has 1 atom stereocenters. The minimum absolute atomic E-state index is 0.0186. The first-order valence-electron chi connectivity index (χ1n) is 5.76. The van der Waals surface area contributed by atoms with Crippen LogP contribution in [0.4, 0.5) is 0 Å². The molecule has 0 saturated carbocycles. The van der Waals surface area contributed by atoms with Crippen LogP contribution in [0.15, 0.2) is 29.9 Å². The molecular formula is C13H17N3S. The van der Waals surface area contributed by atoms with E-state index in [1.807, 2.05) is 18.3 Å². The van der Waals surface area contributed by atoms with Crippen LogP contribution in [0, 0.1) is 0 Å². The summed E-state index contributed by atoms with van der Waals surface area (Å²) < 4.78 is 0. The van der Waals surface area contributed by atoms with Gasteiger partial charge in [-0.25, -0.2) is 4.98 Å².